The highest BCUT2D eigenvalue weighted by Gasteiger charge is 2.13. The van der Waals surface area contributed by atoms with Crippen LogP contribution in [0.5, 0.6) is 5.75 Å². The SMILES string of the molecule is O=c1c2c(-c3ccccc3)csc2ncn1N=Cc1ccccc1OC(F)F. The molecule has 0 saturated heterocycles. The molecule has 2 heterocycles. The number of aromatic nitrogens is 2. The smallest absolute Gasteiger partial charge is 0.387 e. The molecule has 5 nitrogen and oxygen atoms in total. The van der Waals surface area contributed by atoms with Crippen LogP contribution in [0.15, 0.2) is 76.2 Å². The molecule has 0 unspecified atom stereocenters. The Kier molecular flexibility index (Phi) is 4.94. The average molecular weight is 397 g/mol. The Labute approximate surface area is 162 Å². The number of alkyl halides is 2. The minimum absolute atomic E-state index is 0.0242. The molecule has 4 rings (SSSR count). The van der Waals surface area contributed by atoms with Crippen molar-refractivity contribution in [1.82, 2.24) is 9.66 Å². The van der Waals surface area contributed by atoms with E-state index in [0.717, 1.165) is 15.8 Å². The van der Waals surface area contributed by atoms with E-state index in [0.29, 0.717) is 15.8 Å². The van der Waals surface area contributed by atoms with Gasteiger partial charge in [-0.2, -0.15) is 18.6 Å². The average Bonchev–Trinajstić information content (AvgIpc) is 3.14. The van der Waals surface area contributed by atoms with E-state index in [2.05, 4.69) is 14.8 Å². The summed E-state index contributed by atoms with van der Waals surface area (Å²) in [5, 5.41) is 6.45. The second-order valence-corrected chi connectivity index (χ2v) is 6.61. The van der Waals surface area contributed by atoms with E-state index in [4.69, 9.17) is 0 Å². The van der Waals surface area contributed by atoms with Crippen LogP contribution in [0.4, 0.5) is 8.78 Å². The number of halogens is 2. The Bertz CT molecular complexity index is 1200. The van der Waals surface area contributed by atoms with Crippen LogP contribution in [0, 0.1) is 0 Å². The fraction of sp³-hybridized carbons (Fsp3) is 0.0500. The van der Waals surface area contributed by atoms with E-state index in [9.17, 15) is 13.6 Å². The van der Waals surface area contributed by atoms with Crippen molar-refractivity contribution in [3.05, 3.63) is 82.2 Å². The molecular formula is C20H13F2N3O2S. The molecule has 2 aromatic heterocycles. The summed E-state index contributed by atoms with van der Waals surface area (Å²) in [6.07, 6.45) is 2.60. The van der Waals surface area contributed by atoms with Gasteiger partial charge >= 0.3 is 6.61 Å². The number of hydrogen-bond acceptors (Lipinski definition) is 5. The molecule has 0 N–H and O–H groups in total. The van der Waals surface area contributed by atoms with Gasteiger partial charge in [-0.25, -0.2) is 4.98 Å². The molecule has 0 amide bonds. The standard InChI is InChI=1S/C20H13F2N3O2S/c21-20(22)27-16-9-5-4-8-14(16)10-24-25-12-23-18-17(19(25)26)15(11-28-18)13-6-2-1-3-7-13/h1-12,20H. The van der Waals surface area contributed by atoms with Crippen molar-refractivity contribution in [2.75, 3.05) is 0 Å². The van der Waals surface area contributed by atoms with Crippen LogP contribution < -0.4 is 10.3 Å². The summed E-state index contributed by atoms with van der Waals surface area (Å²) in [6.45, 7) is -2.95. The van der Waals surface area contributed by atoms with Crippen LogP contribution in [0.1, 0.15) is 5.56 Å². The van der Waals surface area contributed by atoms with E-state index in [1.54, 1.807) is 18.2 Å². The third-order valence-electron chi connectivity index (χ3n) is 4.02. The van der Waals surface area contributed by atoms with E-state index in [1.807, 2.05) is 35.7 Å². The number of ether oxygens (including phenoxy) is 1. The third-order valence-corrected chi connectivity index (χ3v) is 4.91. The van der Waals surface area contributed by atoms with Crippen LogP contribution >= 0.6 is 11.3 Å². The first-order valence-corrected chi connectivity index (χ1v) is 9.14. The highest BCUT2D eigenvalue weighted by molar-refractivity contribution is 7.17. The number of nitrogens with zero attached hydrogens (tertiary/aromatic N) is 3. The summed E-state index contributed by atoms with van der Waals surface area (Å²) < 4.78 is 30.6. The molecule has 0 saturated carbocycles. The lowest BCUT2D eigenvalue weighted by Crippen LogP contribution is -2.17. The zero-order chi connectivity index (χ0) is 19.5. The molecule has 0 aliphatic rings. The number of hydrogen-bond donors (Lipinski definition) is 0. The highest BCUT2D eigenvalue weighted by Crippen LogP contribution is 2.30. The molecule has 0 bridgehead atoms. The second-order valence-electron chi connectivity index (χ2n) is 5.75. The number of rotatable bonds is 5. The Balaban J connectivity index is 1.76. The van der Waals surface area contributed by atoms with Crippen molar-refractivity contribution in [3.63, 3.8) is 0 Å². The molecule has 0 fully saturated rings. The molecule has 28 heavy (non-hydrogen) atoms. The van der Waals surface area contributed by atoms with Gasteiger partial charge < -0.3 is 4.74 Å². The minimum atomic E-state index is -2.95. The fourth-order valence-electron chi connectivity index (χ4n) is 2.75. The van der Waals surface area contributed by atoms with E-state index >= 15 is 0 Å². The van der Waals surface area contributed by atoms with Crippen molar-refractivity contribution in [1.29, 1.82) is 0 Å². The largest absolute Gasteiger partial charge is 0.434 e. The molecule has 2 aromatic carbocycles. The summed E-state index contributed by atoms with van der Waals surface area (Å²) in [5.74, 6) is -0.0242. The Morgan fingerprint density at radius 1 is 1.11 bits per heavy atom. The molecule has 0 spiro atoms. The lowest BCUT2D eigenvalue weighted by Gasteiger charge is -2.07. The summed E-state index contributed by atoms with van der Waals surface area (Å²) in [5.41, 5.74) is 1.67. The molecule has 0 atom stereocenters. The normalized spacial score (nSPS) is 11.5. The molecule has 0 aliphatic heterocycles. The zero-order valence-corrected chi connectivity index (χ0v) is 15.1. The van der Waals surface area contributed by atoms with E-state index < -0.39 is 6.61 Å². The fourth-order valence-corrected chi connectivity index (χ4v) is 3.66. The van der Waals surface area contributed by atoms with E-state index in [-0.39, 0.29) is 11.3 Å². The monoisotopic (exact) mass is 397 g/mol. The maximum atomic E-state index is 12.9. The third kappa shape index (κ3) is 3.54. The second kappa shape index (κ2) is 7.69. The van der Waals surface area contributed by atoms with Crippen LogP contribution in [0.2, 0.25) is 0 Å². The van der Waals surface area contributed by atoms with Gasteiger partial charge in [0.2, 0.25) is 0 Å². The molecular weight excluding hydrogens is 384 g/mol. The quantitative estimate of drug-likeness (QED) is 0.462. The first-order valence-electron chi connectivity index (χ1n) is 8.26. The first kappa shape index (κ1) is 18.0. The summed E-state index contributed by atoms with van der Waals surface area (Å²) in [4.78, 5) is 17.8. The summed E-state index contributed by atoms with van der Waals surface area (Å²) >= 11 is 1.38. The van der Waals surface area contributed by atoms with Gasteiger partial charge in [0.05, 0.1) is 11.6 Å². The van der Waals surface area contributed by atoms with Crippen molar-refractivity contribution < 1.29 is 13.5 Å². The van der Waals surface area contributed by atoms with Crippen LogP contribution in [-0.4, -0.2) is 22.5 Å². The van der Waals surface area contributed by atoms with Crippen LogP contribution in [0.25, 0.3) is 21.3 Å². The van der Waals surface area contributed by atoms with Crippen LogP contribution in [0.3, 0.4) is 0 Å². The molecule has 8 heteroatoms. The van der Waals surface area contributed by atoms with Gasteiger partial charge in [0.25, 0.3) is 5.56 Å². The Morgan fingerprint density at radius 3 is 2.64 bits per heavy atom. The van der Waals surface area contributed by atoms with Crippen LogP contribution in [-0.2, 0) is 0 Å². The lowest BCUT2D eigenvalue weighted by atomic mass is 10.1. The number of thiophene rings is 1. The van der Waals surface area contributed by atoms with Crippen molar-refractivity contribution in [2.45, 2.75) is 6.61 Å². The van der Waals surface area contributed by atoms with Gasteiger partial charge in [-0.15, -0.1) is 11.3 Å². The molecule has 0 aliphatic carbocycles. The van der Waals surface area contributed by atoms with Gasteiger partial charge in [-0.1, -0.05) is 42.5 Å². The predicted molar refractivity (Wildman–Crippen MR) is 105 cm³/mol. The van der Waals surface area contributed by atoms with Crippen molar-refractivity contribution in [3.8, 4) is 16.9 Å². The maximum absolute atomic E-state index is 12.9. The zero-order valence-electron chi connectivity index (χ0n) is 14.3. The maximum Gasteiger partial charge on any atom is 0.387 e. The highest BCUT2D eigenvalue weighted by atomic mass is 32.1. The molecule has 0 radical (unpaired) electrons. The topological polar surface area (TPSA) is 56.5 Å². The Morgan fingerprint density at radius 2 is 1.86 bits per heavy atom. The number of fused-ring (bicyclic) bond motifs is 1. The summed E-state index contributed by atoms with van der Waals surface area (Å²) in [7, 11) is 0. The molecule has 140 valence electrons. The van der Waals surface area contributed by atoms with Gasteiger partial charge in [-0.05, 0) is 17.7 Å². The van der Waals surface area contributed by atoms with Gasteiger partial charge in [0.15, 0.2) is 0 Å². The van der Waals surface area contributed by atoms with Gasteiger partial charge in [0, 0.05) is 16.5 Å². The minimum Gasteiger partial charge on any atom is -0.434 e. The number of benzene rings is 2. The first-order chi connectivity index (χ1) is 13.6. The van der Waals surface area contributed by atoms with E-state index in [1.165, 1.54) is 29.9 Å². The predicted octanol–water partition coefficient (Wildman–Crippen LogP) is 4.61. The van der Waals surface area contributed by atoms with Gasteiger partial charge in [0.1, 0.15) is 16.9 Å². The summed E-state index contributed by atoms with van der Waals surface area (Å²) in [6, 6.07) is 15.7. The lowest BCUT2D eigenvalue weighted by molar-refractivity contribution is -0.0499. The number of para-hydroxylation sites is 1. The van der Waals surface area contributed by atoms with Crippen molar-refractivity contribution >= 4 is 27.8 Å². The van der Waals surface area contributed by atoms with Gasteiger partial charge in [-0.3, -0.25) is 4.79 Å². The molecule has 4 aromatic rings. The van der Waals surface area contributed by atoms with Crippen molar-refractivity contribution in [2.24, 2.45) is 5.10 Å². The Hall–Kier alpha value is -3.39.